The van der Waals surface area contributed by atoms with Crippen LogP contribution in [0, 0.1) is 0 Å². The van der Waals surface area contributed by atoms with E-state index in [1.165, 1.54) is 0 Å². The second-order valence-corrected chi connectivity index (χ2v) is 5.34. The van der Waals surface area contributed by atoms with Gasteiger partial charge < -0.3 is 9.88 Å². The highest BCUT2D eigenvalue weighted by Crippen LogP contribution is 2.27. The average molecular weight is 313 g/mol. The summed E-state index contributed by atoms with van der Waals surface area (Å²) in [4.78, 5) is 26.8. The van der Waals surface area contributed by atoms with Gasteiger partial charge in [0, 0.05) is 19.1 Å². The summed E-state index contributed by atoms with van der Waals surface area (Å²) < 4.78 is 38.8. The molecule has 0 unspecified atom stereocenters. The van der Waals surface area contributed by atoms with Gasteiger partial charge in [0.15, 0.2) is 0 Å². The van der Waals surface area contributed by atoms with E-state index in [1.807, 2.05) is 0 Å². The van der Waals surface area contributed by atoms with E-state index in [0.29, 0.717) is 18.4 Å². The van der Waals surface area contributed by atoms with Gasteiger partial charge in [0.25, 0.3) is 0 Å². The number of H-pyrrole nitrogens is 1. The molecule has 1 aromatic carbocycles. The van der Waals surface area contributed by atoms with Crippen LogP contribution in [0.2, 0.25) is 0 Å². The fourth-order valence-corrected chi connectivity index (χ4v) is 2.94. The van der Waals surface area contributed by atoms with E-state index >= 15 is 0 Å². The molecule has 3 rings (SSSR count). The molecule has 5 nitrogen and oxygen atoms in total. The maximum absolute atomic E-state index is 12.4. The molecule has 1 N–H and O–H groups in total. The van der Waals surface area contributed by atoms with Crippen molar-refractivity contribution in [1.82, 2.24) is 14.5 Å². The van der Waals surface area contributed by atoms with Crippen molar-refractivity contribution in [1.29, 1.82) is 0 Å². The van der Waals surface area contributed by atoms with Gasteiger partial charge in [0.2, 0.25) is 0 Å². The van der Waals surface area contributed by atoms with Crippen molar-refractivity contribution in [2.75, 3.05) is 13.1 Å². The number of nitrogens with zero attached hydrogens (tertiary/aromatic N) is 2. The molecule has 0 bridgehead atoms. The lowest BCUT2D eigenvalue weighted by Crippen LogP contribution is -2.46. The minimum atomic E-state index is -4.84. The predicted molar refractivity (Wildman–Crippen MR) is 73.5 cm³/mol. The zero-order chi connectivity index (χ0) is 15.9. The molecule has 1 aliphatic rings. The van der Waals surface area contributed by atoms with Crippen LogP contribution in [0.15, 0.2) is 29.1 Å². The third-order valence-electron chi connectivity index (χ3n) is 3.98. The van der Waals surface area contributed by atoms with Crippen molar-refractivity contribution in [3.63, 3.8) is 0 Å². The summed E-state index contributed by atoms with van der Waals surface area (Å²) in [6, 6.07) is 6.96. The second kappa shape index (κ2) is 5.19. The molecule has 0 spiro atoms. The number of imidazole rings is 1. The quantitative estimate of drug-likeness (QED) is 0.876. The lowest BCUT2D eigenvalue weighted by Gasteiger charge is -2.32. The Kier molecular flexibility index (Phi) is 3.46. The molecule has 0 radical (unpaired) electrons. The summed E-state index contributed by atoms with van der Waals surface area (Å²) in [7, 11) is 0. The first-order valence-electron chi connectivity index (χ1n) is 6.93. The van der Waals surface area contributed by atoms with Gasteiger partial charge in [0.1, 0.15) is 0 Å². The number of para-hydroxylation sites is 2. The van der Waals surface area contributed by atoms with Gasteiger partial charge in [-0.05, 0) is 25.0 Å². The van der Waals surface area contributed by atoms with Crippen molar-refractivity contribution in [3.8, 4) is 0 Å². The van der Waals surface area contributed by atoms with Crippen LogP contribution >= 0.6 is 0 Å². The van der Waals surface area contributed by atoms with Crippen LogP contribution in [0.3, 0.4) is 0 Å². The zero-order valence-electron chi connectivity index (χ0n) is 11.6. The van der Waals surface area contributed by atoms with E-state index in [1.54, 1.807) is 28.8 Å². The summed E-state index contributed by atoms with van der Waals surface area (Å²) >= 11 is 0. The third-order valence-corrected chi connectivity index (χ3v) is 3.98. The van der Waals surface area contributed by atoms with Gasteiger partial charge in [-0.1, -0.05) is 12.1 Å². The smallest absolute Gasteiger partial charge is 0.335 e. The molecule has 0 atom stereocenters. The molecule has 2 heterocycles. The second-order valence-electron chi connectivity index (χ2n) is 5.34. The number of nitrogens with one attached hydrogen (secondary N) is 1. The SMILES string of the molecule is O=C(N1CCC(n2c(=O)[nH]c3ccccc32)CC1)C(F)(F)F. The first-order chi connectivity index (χ1) is 10.4. The molecule has 1 aliphatic heterocycles. The molecule has 1 fully saturated rings. The van der Waals surface area contributed by atoms with E-state index in [4.69, 9.17) is 0 Å². The Bertz CT molecular complexity index is 755. The zero-order valence-corrected chi connectivity index (χ0v) is 11.6. The normalized spacial score (nSPS) is 17.1. The molecular weight excluding hydrogens is 299 g/mol. The Balaban J connectivity index is 1.80. The standard InChI is InChI=1S/C14H14F3N3O2/c15-14(16,17)12(21)19-7-5-9(6-8-19)20-11-4-2-1-3-10(11)18-13(20)22/h1-4,9H,5-8H2,(H,18,22). The Morgan fingerprint density at radius 2 is 1.82 bits per heavy atom. The Hall–Kier alpha value is -2.25. The lowest BCUT2D eigenvalue weighted by atomic mass is 10.0. The van der Waals surface area contributed by atoms with Crippen LogP contribution in [-0.4, -0.2) is 39.6 Å². The number of rotatable bonds is 1. The maximum Gasteiger partial charge on any atom is 0.471 e. The molecule has 1 aromatic heterocycles. The first kappa shape index (κ1) is 14.7. The Labute approximate surface area is 123 Å². The number of aromatic amines is 1. The van der Waals surface area contributed by atoms with Crippen molar-refractivity contribution in [2.24, 2.45) is 0 Å². The number of amides is 1. The Morgan fingerprint density at radius 3 is 2.45 bits per heavy atom. The number of hydrogen-bond acceptors (Lipinski definition) is 2. The summed E-state index contributed by atoms with van der Waals surface area (Å²) in [6.45, 7) is -0.0100. The van der Waals surface area contributed by atoms with Crippen LogP contribution in [0.25, 0.3) is 11.0 Å². The third kappa shape index (κ3) is 2.49. The minimum Gasteiger partial charge on any atom is -0.335 e. The largest absolute Gasteiger partial charge is 0.471 e. The first-order valence-corrected chi connectivity index (χ1v) is 6.93. The molecule has 1 amide bonds. The van der Waals surface area contributed by atoms with Crippen molar-refractivity contribution >= 4 is 16.9 Å². The number of piperidine rings is 1. The van der Waals surface area contributed by atoms with Crippen LogP contribution in [0.4, 0.5) is 13.2 Å². The average Bonchev–Trinajstić information content (AvgIpc) is 2.81. The Morgan fingerprint density at radius 1 is 1.18 bits per heavy atom. The number of likely N-dealkylation sites (tertiary alicyclic amines) is 1. The summed E-state index contributed by atoms with van der Waals surface area (Å²) in [5, 5.41) is 0. The number of halogens is 3. The number of alkyl halides is 3. The van der Waals surface area contributed by atoms with Crippen molar-refractivity contribution in [3.05, 3.63) is 34.7 Å². The van der Waals surface area contributed by atoms with Crippen LogP contribution < -0.4 is 5.69 Å². The van der Waals surface area contributed by atoms with E-state index < -0.39 is 12.1 Å². The number of benzene rings is 1. The van der Waals surface area contributed by atoms with Crippen molar-refractivity contribution < 1.29 is 18.0 Å². The van der Waals surface area contributed by atoms with Gasteiger partial charge in [-0.25, -0.2) is 4.79 Å². The number of aromatic nitrogens is 2. The summed E-state index contributed by atoms with van der Waals surface area (Å²) in [5.41, 5.74) is 1.15. The predicted octanol–water partition coefficient (Wildman–Crippen LogP) is 2.06. The monoisotopic (exact) mass is 313 g/mol. The van der Waals surface area contributed by atoms with Crippen molar-refractivity contribution in [2.45, 2.75) is 25.1 Å². The van der Waals surface area contributed by atoms with Crippen LogP contribution in [0.5, 0.6) is 0 Å². The van der Waals surface area contributed by atoms with Crippen LogP contribution in [-0.2, 0) is 4.79 Å². The topological polar surface area (TPSA) is 58.1 Å². The molecule has 8 heteroatoms. The molecule has 0 aliphatic carbocycles. The highest BCUT2D eigenvalue weighted by molar-refractivity contribution is 5.82. The lowest BCUT2D eigenvalue weighted by molar-refractivity contribution is -0.186. The molecule has 0 saturated carbocycles. The molecule has 2 aromatic rings. The van der Waals surface area contributed by atoms with E-state index in [-0.39, 0.29) is 24.8 Å². The van der Waals surface area contributed by atoms with Gasteiger partial charge in [-0.2, -0.15) is 13.2 Å². The number of carbonyl (C=O) groups is 1. The highest BCUT2D eigenvalue weighted by Gasteiger charge is 2.43. The number of carbonyl (C=O) groups excluding carboxylic acids is 1. The van der Waals surface area contributed by atoms with Crippen LogP contribution in [0.1, 0.15) is 18.9 Å². The molecule has 1 saturated heterocycles. The fourth-order valence-electron chi connectivity index (χ4n) is 2.94. The van der Waals surface area contributed by atoms with E-state index in [0.717, 1.165) is 10.4 Å². The number of fused-ring (bicyclic) bond motifs is 1. The van der Waals surface area contributed by atoms with E-state index in [2.05, 4.69) is 4.98 Å². The summed E-state index contributed by atoms with van der Waals surface area (Å²) in [6.07, 6.45) is -4.20. The highest BCUT2D eigenvalue weighted by atomic mass is 19.4. The molecule has 118 valence electrons. The molecule has 22 heavy (non-hydrogen) atoms. The number of hydrogen-bond donors (Lipinski definition) is 1. The van der Waals surface area contributed by atoms with E-state index in [9.17, 15) is 22.8 Å². The van der Waals surface area contributed by atoms with Gasteiger partial charge in [0.05, 0.1) is 11.0 Å². The summed E-state index contributed by atoms with van der Waals surface area (Å²) in [5.74, 6) is -1.81. The fraction of sp³-hybridized carbons (Fsp3) is 0.429. The van der Waals surface area contributed by atoms with Gasteiger partial charge in [-0.15, -0.1) is 0 Å². The maximum atomic E-state index is 12.4. The van der Waals surface area contributed by atoms with Gasteiger partial charge >= 0.3 is 17.8 Å². The molecular formula is C14H14F3N3O2. The van der Waals surface area contributed by atoms with Gasteiger partial charge in [-0.3, -0.25) is 9.36 Å². The minimum absolute atomic E-state index is 0.00500.